The first kappa shape index (κ1) is 22.9. The molecule has 0 aromatic heterocycles. The van der Waals surface area contributed by atoms with Gasteiger partial charge in [-0.3, -0.25) is 9.52 Å². The van der Waals surface area contributed by atoms with Crippen LogP contribution in [0.15, 0.2) is 70.8 Å². The van der Waals surface area contributed by atoms with Crippen molar-refractivity contribution in [2.24, 2.45) is 10.8 Å². The highest BCUT2D eigenvalue weighted by Gasteiger charge is 2.29. The lowest BCUT2D eigenvalue weighted by atomic mass is 10.1. The molecule has 0 bridgehead atoms. The van der Waals surface area contributed by atoms with Crippen LogP contribution in [0.5, 0.6) is 0 Å². The van der Waals surface area contributed by atoms with Crippen molar-refractivity contribution in [1.82, 2.24) is 15.5 Å². The number of nitrogens with zero attached hydrogens (tertiary/aromatic N) is 1. The molecule has 160 valence electrons. The summed E-state index contributed by atoms with van der Waals surface area (Å²) in [6.45, 7) is 3.42. The monoisotopic (exact) mass is 441 g/mol. The number of rotatable bonds is 8. The maximum Gasteiger partial charge on any atom is 0.416 e. The highest BCUT2D eigenvalue weighted by Crippen LogP contribution is 2.29. The fourth-order valence-corrected chi connectivity index (χ4v) is 3.21. The van der Waals surface area contributed by atoms with Crippen molar-refractivity contribution in [2.45, 2.75) is 17.6 Å². The Morgan fingerprint density at radius 2 is 1.70 bits per heavy atom. The molecule has 30 heavy (non-hydrogen) atoms. The third-order valence-electron chi connectivity index (χ3n) is 3.71. The third-order valence-corrected chi connectivity index (χ3v) is 5.11. The molecule has 0 atom stereocenters. The molecule has 2 rings (SSSR count). The number of hydrazine groups is 1. The first-order chi connectivity index (χ1) is 14.0. The maximum absolute atomic E-state index is 12.6. The predicted molar refractivity (Wildman–Crippen MR) is 104 cm³/mol. The van der Waals surface area contributed by atoms with Gasteiger partial charge in [-0.1, -0.05) is 18.7 Å². The molecule has 0 aliphatic heterocycles. The molecule has 2 aromatic rings. The van der Waals surface area contributed by atoms with Crippen molar-refractivity contribution in [3.63, 3.8) is 0 Å². The standard InChI is InChI=1S/C18H18F3N5O3S/c1-12(24-11-25-22)26-30(28,29)16-8-4-14(5-9-16)17(27)23-10-13-2-6-15(7-3-13)18(19,20)21/h2-9,11,26H,1,10,22H2,(H,23,27)(H,24,25). The number of halogens is 3. The van der Waals surface area contributed by atoms with E-state index >= 15 is 0 Å². The van der Waals surface area contributed by atoms with Crippen molar-refractivity contribution in [1.29, 1.82) is 0 Å². The molecule has 0 aliphatic rings. The van der Waals surface area contributed by atoms with Crippen LogP contribution in [0.4, 0.5) is 13.2 Å². The van der Waals surface area contributed by atoms with Gasteiger partial charge in [-0.15, -0.1) is 0 Å². The minimum absolute atomic E-state index is 0.00554. The molecule has 8 nitrogen and oxygen atoms in total. The summed E-state index contributed by atoms with van der Waals surface area (Å²) in [5, 5.41) is 2.55. The van der Waals surface area contributed by atoms with Crippen LogP contribution in [-0.4, -0.2) is 20.7 Å². The Balaban J connectivity index is 1.99. The zero-order valence-electron chi connectivity index (χ0n) is 15.4. The number of hydrogen-bond donors (Lipinski definition) is 4. The number of carbonyl (C=O) groups is 1. The lowest BCUT2D eigenvalue weighted by Gasteiger charge is -2.10. The van der Waals surface area contributed by atoms with Crippen LogP contribution >= 0.6 is 0 Å². The molecule has 1 amide bonds. The minimum Gasteiger partial charge on any atom is -0.348 e. The Morgan fingerprint density at radius 3 is 2.23 bits per heavy atom. The van der Waals surface area contributed by atoms with E-state index in [0.29, 0.717) is 5.56 Å². The summed E-state index contributed by atoms with van der Waals surface area (Å²) >= 11 is 0. The smallest absolute Gasteiger partial charge is 0.348 e. The Kier molecular flexibility index (Phi) is 7.19. The molecule has 0 aliphatic carbocycles. The van der Waals surface area contributed by atoms with E-state index in [1.165, 1.54) is 36.4 Å². The van der Waals surface area contributed by atoms with Gasteiger partial charge in [0.1, 0.15) is 12.2 Å². The number of amides is 1. The third kappa shape index (κ3) is 6.32. The summed E-state index contributed by atoms with van der Waals surface area (Å²) < 4.78 is 64.2. The highest BCUT2D eigenvalue weighted by molar-refractivity contribution is 7.89. The largest absolute Gasteiger partial charge is 0.416 e. The van der Waals surface area contributed by atoms with Crippen LogP contribution in [0, 0.1) is 0 Å². The normalized spacial score (nSPS) is 11.9. The lowest BCUT2D eigenvalue weighted by Crippen LogP contribution is -2.25. The van der Waals surface area contributed by atoms with Crippen LogP contribution in [0.25, 0.3) is 0 Å². The summed E-state index contributed by atoms with van der Waals surface area (Å²) in [6.07, 6.45) is -3.40. The number of sulfonamides is 1. The van der Waals surface area contributed by atoms with Gasteiger partial charge in [0, 0.05) is 12.1 Å². The number of benzene rings is 2. The zero-order chi connectivity index (χ0) is 22.4. The molecule has 12 heteroatoms. The van der Waals surface area contributed by atoms with Crippen LogP contribution in [0.2, 0.25) is 0 Å². The average Bonchev–Trinajstić information content (AvgIpc) is 2.70. The van der Waals surface area contributed by atoms with E-state index in [1.807, 2.05) is 0 Å². The Labute approximate surface area is 170 Å². The van der Waals surface area contributed by atoms with E-state index in [9.17, 15) is 26.4 Å². The number of nitrogens with two attached hydrogens (primary N) is 1. The number of carbonyl (C=O) groups excluding carboxylic acids is 1. The summed E-state index contributed by atoms with van der Waals surface area (Å²) in [6, 6.07) is 9.40. The average molecular weight is 441 g/mol. The first-order valence-corrected chi connectivity index (χ1v) is 9.76. The molecular weight excluding hydrogens is 423 g/mol. The van der Waals surface area contributed by atoms with Crippen LogP contribution in [-0.2, 0) is 22.7 Å². The summed E-state index contributed by atoms with van der Waals surface area (Å²) in [5.74, 6) is 4.29. The molecule has 0 saturated heterocycles. The van der Waals surface area contributed by atoms with E-state index < -0.39 is 27.7 Å². The zero-order valence-corrected chi connectivity index (χ0v) is 16.2. The summed E-state index contributed by atoms with van der Waals surface area (Å²) in [7, 11) is -3.96. The number of nitrogens with one attached hydrogen (secondary N) is 3. The van der Waals surface area contributed by atoms with E-state index in [2.05, 4.69) is 27.0 Å². The van der Waals surface area contributed by atoms with E-state index in [0.717, 1.165) is 18.5 Å². The number of aliphatic imine (C=N–C) groups is 1. The van der Waals surface area contributed by atoms with Crippen molar-refractivity contribution in [2.75, 3.05) is 0 Å². The molecule has 0 radical (unpaired) electrons. The maximum atomic E-state index is 12.6. The number of hydrogen-bond acceptors (Lipinski definition) is 5. The molecule has 2 aromatic carbocycles. The second kappa shape index (κ2) is 9.41. The minimum atomic E-state index is -4.43. The highest BCUT2D eigenvalue weighted by atomic mass is 32.2. The van der Waals surface area contributed by atoms with Crippen molar-refractivity contribution < 1.29 is 26.4 Å². The van der Waals surface area contributed by atoms with Gasteiger partial charge in [-0.25, -0.2) is 19.3 Å². The molecule has 0 heterocycles. The van der Waals surface area contributed by atoms with Gasteiger partial charge < -0.3 is 10.7 Å². The van der Waals surface area contributed by atoms with Gasteiger partial charge in [0.05, 0.1) is 10.5 Å². The van der Waals surface area contributed by atoms with Gasteiger partial charge in [0.15, 0.2) is 0 Å². The van der Waals surface area contributed by atoms with Gasteiger partial charge in [-0.2, -0.15) is 13.2 Å². The van der Waals surface area contributed by atoms with Gasteiger partial charge in [0.2, 0.25) is 0 Å². The summed E-state index contributed by atoms with van der Waals surface area (Å²) in [4.78, 5) is 15.7. The quantitative estimate of drug-likeness (QED) is 0.215. The van der Waals surface area contributed by atoms with Crippen LogP contribution in [0.1, 0.15) is 21.5 Å². The number of alkyl halides is 3. The van der Waals surface area contributed by atoms with Gasteiger partial charge in [0.25, 0.3) is 15.9 Å². The van der Waals surface area contributed by atoms with Crippen LogP contribution < -0.4 is 21.3 Å². The molecule has 0 unspecified atom stereocenters. The molecule has 0 spiro atoms. The van der Waals surface area contributed by atoms with Crippen molar-refractivity contribution in [3.05, 3.63) is 77.6 Å². The van der Waals surface area contributed by atoms with Crippen molar-refractivity contribution >= 4 is 22.3 Å². The Morgan fingerprint density at radius 1 is 1.10 bits per heavy atom. The van der Waals surface area contributed by atoms with E-state index in [1.54, 1.807) is 0 Å². The Bertz CT molecular complexity index is 1030. The Hall–Kier alpha value is -3.38. The second-order valence-electron chi connectivity index (χ2n) is 5.88. The van der Waals surface area contributed by atoms with Crippen molar-refractivity contribution in [3.8, 4) is 0 Å². The topological polar surface area (TPSA) is 126 Å². The van der Waals surface area contributed by atoms with E-state index in [-0.39, 0.29) is 22.8 Å². The molecule has 0 fully saturated rings. The second-order valence-corrected chi connectivity index (χ2v) is 7.56. The van der Waals surface area contributed by atoms with Gasteiger partial charge in [-0.05, 0) is 42.0 Å². The van der Waals surface area contributed by atoms with E-state index in [4.69, 9.17) is 5.84 Å². The predicted octanol–water partition coefficient (Wildman–Crippen LogP) is 1.88. The lowest BCUT2D eigenvalue weighted by molar-refractivity contribution is -0.137. The molecule has 0 saturated carbocycles. The van der Waals surface area contributed by atoms with Crippen LogP contribution in [0.3, 0.4) is 0 Å². The fraction of sp³-hybridized carbons (Fsp3) is 0.111. The fourth-order valence-electron chi connectivity index (χ4n) is 2.24. The first-order valence-electron chi connectivity index (χ1n) is 8.28. The SMILES string of the molecule is C=C(N=CNN)NS(=O)(=O)c1ccc(C(=O)NCc2ccc(C(F)(F)F)cc2)cc1. The molecule has 5 N–H and O–H groups in total. The van der Waals surface area contributed by atoms with Gasteiger partial charge >= 0.3 is 6.18 Å². The molecular formula is C18H18F3N5O3S. The summed E-state index contributed by atoms with van der Waals surface area (Å²) in [5.41, 5.74) is 1.96.